The Hall–Kier alpha value is -0.620. The molecule has 0 aromatic heterocycles. The highest BCUT2D eigenvalue weighted by Crippen LogP contribution is 2.14. The molecule has 1 saturated heterocycles. The van der Waals surface area contributed by atoms with Crippen molar-refractivity contribution in [2.24, 2.45) is 10.9 Å². The van der Waals surface area contributed by atoms with Crippen LogP contribution in [-0.4, -0.2) is 69.1 Å². The number of sulfonamides is 1. The number of nitrogens with zero attached hydrogens (tertiary/aromatic N) is 2. The van der Waals surface area contributed by atoms with E-state index in [1.54, 1.807) is 11.2 Å². The molecule has 0 aliphatic carbocycles. The number of guanidine groups is 1. The normalized spacial score (nSPS) is 16.9. The Morgan fingerprint density at radius 1 is 1.19 bits per heavy atom. The maximum atomic E-state index is 11.9. The molecule has 0 atom stereocenters. The quantitative estimate of drug-likeness (QED) is 0.196. The molecule has 10 heteroatoms. The second-order valence-corrected chi connectivity index (χ2v) is 8.68. The standard InChI is InChI=1S/C16H33N5O3S.HI/c1-5-17-16(19-10-9-18-15(22)13(3)4)20-14-7-11-21(12-8-14)25(23,24)6-2;/h13-14H,5-12H2,1-4H3,(H,18,22)(H2,17,19,20);1H. The van der Waals surface area contributed by atoms with Gasteiger partial charge in [0.25, 0.3) is 0 Å². The summed E-state index contributed by atoms with van der Waals surface area (Å²) in [5.74, 6) is 0.854. The van der Waals surface area contributed by atoms with Crippen LogP contribution in [0.2, 0.25) is 0 Å². The van der Waals surface area contributed by atoms with Crippen LogP contribution in [0.5, 0.6) is 0 Å². The summed E-state index contributed by atoms with van der Waals surface area (Å²) in [5, 5.41) is 9.39. The van der Waals surface area contributed by atoms with E-state index >= 15 is 0 Å². The third-order valence-corrected chi connectivity index (χ3v) is 5.98. The first-order valence-electron chi connectivity index (χ1n) is 9.10. The Morgan fingerprint density at radius 2 is 1.81 bits per heavy atom. The lowest BCUT2D eigenvalue weighted by Gasteiger charge is -2.32. The Bertz CT molecular complexity index is 546. The number of halogens is 1. The number of piperidine rings is 1. The summed E-state index contributed by atoms with van der Waals surface area (Å²) in [6, 6.07) is 0.200. The molecule has 1 aliphatic heterocycles. The fourth-order valence-electron chi connectivity index (χ4n) is 2.53. The topological polar surface area (TPSA) is 103 Å². The zero-order chi connectivity index (χ0) is 18.9. The zero-order valence-corrected chi connectivity index (χ0v) is 19.4. The Morgan fingerprint density at radius 3 is 2.31 bits per heavy atom. The number of rotatable bonds is 8. The smallest absolute Gasteiger partial charge is 0.222 e. The molecule has 26 heavy (non-hydrogen) atoms. The molecule has 1 fully saturated rings. The van der Waals surface area contributed by atoms with Crippen LogP contribution in [-0.2, 0) is 14.8 Å². The lowest BCUT2D eigenvalue weighted by atomic mass is 10.1. The van der Waals surface area contributed by atoms with Gasteiger partial charge in [-0.1, -0.05) is 13.8 Å². The number of carbonyl (C=O) groups is 1. The maximum absolute atomic E-state index is 11.9. The minimum Gasteiger partial charge on any atom is -0.357 e. The van der Waals surface area contributed by atoms with E-state index in [0.29, 0.717) is 32.1 Å². The highest BCUT2D eigenvalue weighted by atomic mass is 127. The molecular formula is C16H34IN5O3S. The molecular weight excluding hydrogens is 469 g/mol. The Kier molecular flexibility index (Phi) is 12.4. The number of hydrogen-bond acceptors (Lipinski definition) is 4. The summed E-state index contributed by atoms with van der Waals surface area (Å²) in [7, 11) is -3.10. The number of nitrogens with one attached hydrogen (secondary N) is 3. The molecule has 0 unspecified atom stereocenters. The molecule has 0 aromatic carbocycles. The van der Waals surface area contributed by atoms with Crippen LogP contribution in [0.1, 0.15) is 40.5 Å². The molecule has 154 valence electrons. The van der Waals surface area contributed by atoms with Crippen molar-refractivity contribution in [3.63, 3.8) is 0 Å². The van der Waals surface area contributed by atoms with Crippen molar-refractivity contribution < 1.29 is 13.2 Å². The largest absolute Gasteiger partial charge is 0.357 e. The van der Waals surface area contributed by atoms with E-state index in [1.165, 1.54) is 0 Å². The van der Waals surface area contributed by atoms with Crippen molar-refractivity contribution in [1.29, 1.82) is 0 Å². The molecule has 1 rings (SSSR count). The molecule has 0 saturated carbocycles. The summed E-state index contributed by atoms with van der Waals surface area (Å²) in [5.41, 5.74) is 0. The van der Waals surface area contributed by atoms with E-state index in [9.17, 15) is 13.2 Å². The molecule has 1 amide bonds. The van der Waals surface area contributed by atoms with Gasteiger partial charge in [-0.15, -0.1) is 24.0 Å². The van der Waals surface area contributed by atoms with Crippen LogP contribution < -0.4 is 16.0 Å². The van der Waals surface area contributed by atoms with E-state index in [-0.39, 0.29) is 47.6 Å². The van der Waals surface area contributed by atoms with E-state index in [1.807, 2.05) is 20.8 Å². The number of carbonyl (C=O) groups excluding carboxylic acids is 1. The van der Waals surface area contributed by atoms with Gasteiger partial charge < -0.3 is 16.0 Å². The van der Waals surface area contributed by atoms with E-state index in [2.05, 4.69) is 20.9 Å². The monoisotopic (exact) mass is 503 g/mol. The second kappa shape index (κ2) is 12.7. The predicted octanol–water partition coefficient (Wildman–Crippen LogP) is 0.746. The third kappa shape index (κ3) is 8.85. The van der Waals surface area contributed by atoms with E-state index < -0.39 is 10.0 Å². The van der Waals surface area contributed by atoms with Crippen molar-refractivity contribution in [2.45, 2.75) is 46.6 Å². The van der Waals surface area contributed by atoms with Gasteiger partial charge in [0, 0.05) is 38.1 Å². The molecule has 1 aliphatic rings. The van der Waals surface area contributed by atoms with E-state index in [4.69, 9.17) is 0 Å². The van der Waals surface area contributed by atoms with Gasteiger partial charge in [-0.2, -0.15) is 0 Å². The number of amides is 1. The van der Waals surface area contributed by atoms with Crippen molar-refractivity contribution in [1.82, 2.24) is 20.3 Å². The summed E-state index contributed by atoms with van der Waals surface area (Å²) in [6.45, 7) is 10.2. The van der Waals surface area contributed by atoms with Crippen LogP contribution in [0, 0.1) is 5.92 Å². The first-order chi connectivity index (χ1) is 11.8. The summed E-state index contributed by atoms with van der Waals surface area (Å²) in [4.78, 5) is 16.0. The first kappa shape index (κ1) is 25.4. The fraction of sp³-hybridized carbons (Fsp3) is 0.875. The molecule has 1 heterocycles. The molecule has 0 aromatic rings. The van der Waals surface area contributed by atoms with E-state index in [0.717, 1.165) is 19.4 Å². The maximum Gasteiger partial charge on any atom is 0.222 e. The van der Waals surface area contributed by atoms with Crippen LogP contribution in [0.25, 0.3) is 0 Å². The summed E-state index contributed by atoms with van der Waals surface area (Å²) < 4.78 is 25.4. The highest BCUT2D eigenvalue weighted by molar-refractivity contribution is 14.0. The Balaban J connectivity index is 0.00000625. The van der Waals surface area contributed by atoms with Gasteiger partial charge in [0.05, 0.1) is 12.3 Å². The molecule has 0 spiro atoms. The average Bonchev–Trinajstić information content (AvgIpc) is 2.59. The van der Waals surface area contributed by atoms with Crippen LogP contribution in [0.4, 0.5) is 0 Å². The molecule has 3 N–H and O–H groups in total. The van der Waals surface area contributed by atoms with Crippen LogP contribution in [0.15, 0.2) is 4.99 Å². The highest BCUT2D eigenvalue weighted by Gasteiger charge is 2.26. The van der Waals surface area contributed by atoms with Gasteiger partial charge in [0.1, 0.15) is 0 Å². The van der Waals surface area contributed by atoms with Gasteiger partial charge in [-0.3, -0.25) is 9.79 Å². The first-order valence-corrected chi connectivity index (χ1v) is 10.7. The van der Waals surface area contributed by atoms with Gasteiger partial charge >= 0.3 is 0 Å². The molecule has 8 nitrogen and oxygen atoms in total. The second-order valence-electron chi connectivity index (χ2n) is 6.42. The van der Waals surface area contributed by atoms with Crippen molar-refractivity contribution >= 4 is 45.9 Å². The third-order valence-electron chi connectivity index (χ3n) is 4.10. The minimum absolute atomic E-state index is 0. The van der Waals surface area contributed by atoms with Crippen molar-refractivity contribution in [3.8, 4) is 0 Å². The predicted molar refractivity (Wildman–Crippen MR) is 116 cm³/mol. The number of aliphatic imine (C=N–C) groups is 1. The average molecular weight is 503 g/mol. The lowest BCUT2D eigenvalue weighted by molar-refractivity contribution is -0.123. The van der Waals surface area contributed by atoms with Gasteiger partial charge in [0.15, 0.2) is 5.96 Å². The van der Waals surface area contributed by atoms with Crippen LogP contribution in [0.3, 0.4) is 0 Å². The zero-order valence-electron chi connectivity index (χ0n) is 16.2. The number of hydrogen-bond donors (Lipinski definition) is 3. The molecule has 0 bridgehead atoms. The summed E-state index contributed by atoms with van der Waals surface area (Å²) in [6.07, 6.45) is 1.52. The van der Waals surface area contributed by atoms with Gasteiger partial charge in [-0.05, 0) is 26.7 Å². The fourth-order valence-corrected chi connectivity index (χ4v) is 3.66. The van der Waals surface area contributed by atoms with Gasteiger partial charge in [-0.25, -0.2) is 12.7 Å². The SMILES string of the molecule is CCNC(=NCCNC(=O)C(C)C)NC1CCN(S(=O)(=O)CC)CC1.I. The summed E-state index contributed by atoms with van der Waals surface area (Å²) >= 11 is 0. The van der Waals surface area contributed by atoms with Crippen molar-refractivity contribution in [3.05, 3.63) is 0 Å². The Labute approximate surface area is 175 Å². The minimum atomic E-state index is -3.10. The van der Waals surface area contributed by atoms with Crippen LogP contribution >= 0.6 is 24.0 Å². The molecule has 0 radical (unpaired) electrons. The van der Waals surface area contributed by atoms with Crippen molar-refractivity contribution in [2.75, 3.05) is 38.5 Å². The lowest BCUT2D eigenvalue weighted by Crippen LogP contribution is -2.50. The van der Waals surface area contributed by atoms with Gasteiger partial charge in [0.2, 0.25) is 15.9 Å².